The molecule has 1 amide bonds. The van der Waals surface area contributed by atoms with Crippen LogP contribution in [0.25, 0.3) is 21.7 Å². The van der Waals surface area contributed by atoms with Gasteiger partial charge in [-0.25, -0.2) is 19.2 Å². The number of amides is 1. The van der Waals surface area contributed by atoms with Crippen LogP contribution in [0.4, 0.5) is 14.9 Å². The Labute approximate surface area is 177 Å². The highest BCUT2D eigenvalue weighted by molar-refractivity contribution is 7.15. The highest BCUT2D eigenvalue weighted by Gasteiger charge is 2.34. The van der Waals surface area contributed by atoms with Crippen LogP contribution in [0.3, 0.4) is 0 Å². The molecule has 9 heteroatoms. The predicted octanol–water partition coefficient (Wildman–Crippen LogP) is 4.06. The van der Waals surface area contributed by atoms with Crippen LogP contribution in [0.15, 0.2) is 18.3 Å². The van der Waals surface area contributed by atoms with Crippen LogP contribution in [0, 0.1) is 13.8 Å². The smallest absolute Gasteiger partial charge is 0.410 e. The van der Waals surface area contributed by atoms with Crippen LogP contribution in [0.1, 0.15) is 23.4 Å². The second-order valence-electron chi connectivity index (χ2n) is 7.98. The highest BCUT2D eigenvalue weighted by atomic mass is 32.1. The van der Waals surface area contributed by atoms with E-state index in [2.05, 4.69) is 32.8 Å². The molecule has 3 aromatic rings. The molecule has 7 nitrogen and oxygen atoms in total. The number of thiazole rings is 1. The lowest BCUT2D eigenvalue weighted by molar-refractivity contribution is -0.0132. The number of fused-ring (bicyclic) bond motifs is 1. The number of pyridine rings is 1. The third-order valence-electron chi connectivity index (χ3n) is 5.95. The van der Waals surface area contributed by atoms with Crippen molar-refractivity contribution in [2.75, 3.05) is 31.1 Å². The Kier molecular flexibility index (Phi) is 4.85. The van der Waals surface area contributed by atoms with E-state index in [4.69, 9.17) is 4.74 Å². The van der Waals surface area contributed by atoms with Gasteiger partial charge < -0.3 is 19.5 Å². The lowest BCUT2D eigenvalue weighted by Gasteiger charge is -2.37. The molecule has 0 aromatic carbocycles. The number of rotatable bonds is 3. The number of piperazine rings is 1. The van der Waals surface area contributed by atoms with E-state index < -0.39 is 6.17 Å². The van der Waals surface area contributed by atoms with Crippen LogP contribution in [-0.4, -0.2) is 64.4 Å². The van der Waals surface area contributed by atoms with E-state index in [1.54, 1.807) is 22.4 Å². The van der Waals surface area contributed by atoms with Crippen molar-refractivity contribution in [1.82, 2.24) is 19.9 Å². The van der Waals surface area contributed by atoms with Crippen molar-refractivity contribution in [3.63, 3.8) is 0 Å². The molecule has 1 saturated heterocycles. The van der Waals surface area contributed by atoms with Gasteiger partial charge in [-0.3, -0.25) is 0 Å². The molecule has 3 aromatic heterocycles. The summed E-state index contributed by atoms with van der Waals surface area (Å²) < 4.78 is 18.3. The minimum Gasteiger partial charge on any atom is -0.446 e. The maximum Gasteiger partial charge on any atom is 0.410 e. The van der Waals surface area contributed by atoms with Crippen molar-refractivity contribution < 1.29 is 13.9 Å². The van der Waals surface area contributed by atoms with Crippen LogP contribution in [0.5, 0.6) is 0 Å². The minimum atomic E-state index is -0.822. The van der Waals surface area contributed by atoms with Gasteiger partial charge in [0.1, 0.15) is 22.9 Å². The summed E-state index contributed by atoms with van der Waals surface area (Å²) in [4.78, 5) is 30.0. The molecule has 1 saturated carbocycles. The van der Waals surface area contributed by atoms with Gasteiger partial charge in [0.25, 0.3) is 0 Å². The first kappa shape index (κ1) is 19.3. The Morgan fingerprint density at radius 3 is 2.70 bits per heavy atom. The summed E-state index contributed by atoms with van der Waals surface area (Å²) in [6, 6.07) is 4.13. The number of aromatic nitrogens is 3. The summed E-state index contributed by atoms with van der Waals surface area (Å²) >= 11 is 1.67. The van der Waals surface area contributed by atoms with E-state index in [-0.39, 0.29) is 12.2 Å². The molecular weight excluding hydrogens is 405 g/mol. The maximum atomic E-state index is 12.9. The molecule has 0 unspecified atom stereocenters. The molecule has 0 spiro atoms. The topological polar surface area (TPSA) is 74.3 Å². The van der Waals surface area contributed by atoms with Gasteiger partial charge in [0.05, 0.1) is 11.4 Å². The summed E-state index contributed by atoms with van der Waals surface area (Å²) in [6.45, 7) is 6.68. The molecule has 5 rings (SSSR count). The van der Waals surface area contributed by atoms with Crippen molar-refractivity contribution in [3.8, 4) is 10.7 Å². The summed E-state index contributed by atoms with van der Waals surface area (Å²) in [7, 11) is 0. The molecule has 158 valence electrons. The van der Waals surface area contributed by atoms with Crippen LogP contribution >= 0.6 is 11.3 Å². The standard InChI is InChI=1S/C21H24FN5O2S/c1-12-13(2)30-20(24-12)17-11-16-18(3-4-23-19(16)25-17)26-5-7-27(8-6-26)21(28)29-15-9-14(22)10-15/h3-4,11,14-15H,5-10H2,1-2H3,(H,23,25). The van der Waals surface area contributed by atoms with Gasteiger partial charge in [0.15, 0.2) is 0 Å². The zero-order valence-corrected chi connectivity index (χ0v) is 17.8. The van der Waals surface area contributed by atoms with Gasteiger partial charge in [0.2, 0.25) is 0 Å². The predicted molar refractivity (Wildman–Crippen MR) is 115 cm³/mol. The minimum absolute atomic E-state index is 0.262. The number of hydrogen-bond acceptors (Lipinski definition) is 6. The number of alkyl halides is 1. The number of aryl methyl sites for hydroxylation is 2. The number of anilines is 1. The molecule has 30 heavy (non-hydrogen) atoms. The fourth-order valence-corrected chi connectivity index (χ4v) is 4.82. The van der Waals surface area contributed by atoms with Crippen molar-refractivity contribution in [1.29, 1.82) is 0 Å². The molecule has 1 N–H and O–H groups in total. The average molecular weight is 430 g/mol. The van der Waals surface area contributed by atoms with Gasteiger partial charge in [-0.15, -0.1) is 11.3 Å². The Hall–Kier alpha value is -2.68. The first-order valence-electron chi connectivity index (χ1n) is 10.2. The molecule has 0 radical (unpaired) electrons. The summed E-state index contributed by atoms with van der Waals surface area (Å²) in [5.74, 6) is 0. The van der Waals surface area contributed by atoms with Gasteiger partial charge in [-0.05, 0) is 26.0 Å². The Bertz CT molecular complexity index is 1060. The lowest BCUT2D eigenvalue weighted by Crippen LogP contribution is -2.50. The van der Waals surface area contributed by atoms with Gasteiger partial charge in [0, 0.05) is 61.2 Å². The monoisotopic (exact) mass is 429 g/mol. The van der Waals surface area contributed by atoms with Crippen LogP contribution < -0.4 is 4.90 Å². The second kappa shape index (κ2) is 7.54. The molecular formula is C21H24FN5O2S. The van der Waals surface area contributed by atoms with E-state index in [0.717, 1.165) is 33.1 Å². The Morgan fingerprint density at radius 2 is 2.03 bits per heavy atom. The number of hydrogen-bond donors (Lipinski definition) is 1. The van der Waals surface area contributed by atoms with E-state index in [9.17, 15) is 9.18 Å². The number of nitrogens with zero attached hydrogens (tertiary/aromatic N) is 4. The lowest BCUT2D eigenvalue weighted by atomic mass is 9.94. The van der Waals surface area contributed by atoms with Crippen molar-refractivity contribution in [3.05, 3.63) is 28.9 Å². The van der Waals surface area contributed by atoms with Crippen molar-refractivity contribution >= 4 is 34.2 Å². The summed E-state index contributed by atoms with van der Waals surface area (Å²) in [5, 5.41) is 2.02. The quantitative estimate of drug-likeness (QED) is 0.680. The summed E-state index contributed by atoms with van der Waals surface area (Å²) in [6.07, 6.45) is 1.05. The molecule has 4 heterocycles. The fourth-order valence-electron chi connectivity index (χ4n) is 3.94. The number of halogens is 1. The molecule has 1 aliphatic heterocycles. The van der Waals surface area contributed by atoms with Gasteiger partial charge >= 0.3 is 6.09 Å². The summed E-state index contributed by atoms with van der Waals surface area (Å²) in [5.41, 5.74) is 3.95. The third-order valence-corrected chi connectivity index (χ3v) is 7.06. The van der Waals surface area contributed by atoms with E-state index >= 15 is 0 Å². The fraction of sp³-hybridized carbons (Fsp3) is 0.476. The zero-order valence-electron chi connectivity index (χ0n) is 17.0. The van der Waals surface area contributed by atoms with Crippen LogP contribution in [0.2, 0.25) is 0 Å². The SMILES string of the molecule is Cc1nc(-c2cc3c(N4CCN(C(=O)OC5CC(F)C5)CC4)ccnc3[nH]2)sc1C. The largest absolute Gasteiger partial charge is 0.446 e. The molecule has 2 fully saturated rings. The highest BCUT2D eigenvalue weighted by Crippen LogP contribution is 2.33. The van der Waals surface area contributed by atoms with E-state index in [1.807, 2.05) is 13.0 Å². The average Bonchev–Trinajstić information content (AvgIpc) is 3.30. The Morgan fingerprint density at radius 1 is 1.27 bits per heavy atom. The maximum absolute atomic E-state index is 12.9. The van der Waals surface area contributed by atoms with E-state index in [0.29, 0.717) is 39.0 Å². The van der Waals surface area contributed by atoms with Crippen molar-refractivity contribution in [2.45, 2.75) is 39.0 Å². The number of ether oxygens (including phenoxy) is 1. The third kappa shape index (κ3) is 3.51. The number of carbonyl (C=O) groups is 1. The molecule has 0 atom stereocenters. The molecule has 1 aliphatic carbocycles. The normalized spacial score (nSPS) is 21.7. The Balaban J connectivity index is 1.30. The first-order chi connectivity index (χ1) is 14.5. The van der Waals surface area contributed by atoms with E-state index in [1.165, 1.54) is 4.88 Å². The van der Waals surface area contributed by atoms with Gasteiger partial charge in [-0.2, -0.15) is 0 Å². The number of carbonyl (C=O) groups excluding carboxylic acids is 1. The number of H-pyrrole nitrogens is 1. The molecule has 0 bridgehead atoms. The molecule has 2 aliphatic rings. The van der Waals surface area contributed by atoms with Crippen molar-refractivity contribution in [2.24, 2.45) is 0 Å². The zero-order chi connectivity index (χ0) is 20.8. The second-order valence-corrected chi connectivity index (χ2v) is 9.19. The first-order valence-corrected chi connectivity index (χ1v) is 11.1. The number of nitrogens with one attached hydrogen (secondary N) is 1. The van der Waals surface area contributed by atoms with Gasteiger partial charge in [-0.1, -0.05) is 0 Å². The number of aromatic amines is 1. The van der Waals surface area contributed by atoms with Crippen LogP contribution in [-0.2, 0) is 4.74 Å².